The summed E-state index contributed by atoms with van der Waals surface area (Å²) in [7, 11) is 0. The van der Waals surface area contributed by atoms with Crippen LogP contribution in [0.25, 0.3) is 0 Å². The van der Waals surface area contributed by atoms with E-state index in [1.807, 2.05) is 13.0 Å². The van der Waals surface area contributed by atoms with Crippen molar-refractivity contribution < 1.29 is 4.39 Å². The number of aryl methyl sites for hydroxylation is 1. The molecule has 0 saturated carbocycles. The minimum atomic E-state index is -0.218. The van der Waals surface area contributed by atoms with Gasteiger partial charge >= 0.3 is 0 Å². The fraction of sp³-hybridized carbons (Fsp3) is 0.250. The summed E-state index contributed by atoms with van der Waals surface area (Å²) in [5.74, 6) is -0.218. The van der Waals surface area contributed by atoms with E-state index in [1.165, 1.54) is 0 Å². The van der Waals surface area contributed by atoms with Crippen molar-refractivity contribution in [3.63, 3.8) is 0 Å². The van der Waals surface area contributed by atoms with Crippen LogP contribution in [0, 0.1) is 5.82 Å². The van der Waals surface area contributed by atoms with Gasteiger partial charge in [-0.3, -0.25) is 0 Å². The lowest BCUT2D eigenvalue weighted by Crippen LogP contribution is -1.87. The summed E-state index contributed by atoms with van der Waals surface area (Å²) in [6, 6.07) is 3.62. The molecule has 0 aliphatic heterocycles. The minimum Gasteiger partial charge on any atom is -0.204 e. The third kappa shape index (κ3) is 1.82. The molecule has 0 saturated heterocycles. The Morgan fingerprint density at radius 2 is 2.00 bits per heavy atom. The molecule has 1 rings (SSSR count). The second kappa shape index (κ2) is 3.68. The van der Waals surface area contributed by atoms with Gasteiger partial charge in [-0.2, -0.15) is 0 Å². The second-order valence-electron chi connectivity index (χ2n) is 2.19. The van der Waals surface area contributed by atoms with Gasteiger partial charge in [-0.05, 0) is 49.9 Å². The van der Waals surface area contributed by atoms with Crippen molar-refractivity contribution in [3.8, 4) is 0 Å². The van der Waals surface area contributed by atoms with Crippen LogP contribution >= 0.6 is 31.9 Å². The number of rotatable bonds is 1. The second-order valence-corrected chi connectivity index (χ2v) is 3.84. The Morgan fingerprint density at radius 3 is 2.55 bits per heavy atom. The van der Waals surface area contributed by atoms with Gasteiger partial charge in [0.1, 0.15) is 0 Å². The lowest BCUT2D eigenvalue weighted by Gasteiger charge is -2.02. The van der Waals surface area contributed by atoms with Crippen molar-refractivity contribution in [2.45, 2.75) is 13.3 Å². The Labute approximate surface area is 82.1 Å². The monoisotopic (exact) mass is 280 g/mol. The van der Waals surface area contributed by atoms with Crippen LogP contribution in [0.2, 0.25) is 0 Å². The molecule has 0 fully saturated rings. The van der Waals surface area contributed by atoms with Crippen molar-refractivity contribution in [1.82, 2.24) is 0 Å². The van der Waals surface area contributed by atoms with E-state index in [0.717, 1.165) is 12.0 Å². The highest BCUT2D eigenvalue weighted by atomic mass is 79.9. The van der Waals surface area contributed by atoms with Crippen molar-refractivity contribution in [3.05, 3.63) is 32.5 Å². The van der Waals surface area contributed by atoms with Gasteiger partial charge in [0.2, 0.25) is 0 Å². The molecule has 0 N–H and O–H groups in total. The van der Waals surface area contributed by atoms with Crippen LogP contribution in [-0.2, 0) is 6.42 Å². The summed E-state index contributed by atoms with van der Waals surface area (Å²) in [4.78, 5) is 0. The van der Waals surface area contributed by atoms with Crippen molar-refractivity contribution in [2.24, 2.45) is 0 Å². The standard InChI is InChI=1S/C8H7Br2F/c1-2-5-3-4-6(9)8(11)7(5)10/h3-4H,2H2,1H3. The lowest BCUT2D eigenvalue weighted by atomic mass is 10.2. The molecule has 3 heteroatoms. The van der Waals surface area contributed by atoms with Gasteiger partial charge in [0.15, 0.2) is 5.82 Å². The fourth-order valence-electron chi connectivity index (χ4n) is 0.839. The first-order chi connectivity index (χ1) is 5.16. The first-order valence-corrected chi connectivity index (χ1v) is 4.87. The fourth-order valence-corrected chi connectivity index (χ4v) is 2.06. The van der Waals surface area contributed by atoms with Gasteiger partial charge in [-0.1, -0.05) is 13.0 Å². The molecule has 60 valence electrons. The van der Waals surface area contributed by atoms with Gasteiger partial charge in [0.05, 0.1) is 8.95 Å². The third-order valence-corrected chi connectivity index (χ3v) is 2.97. The van der Waals surface area contributed by atoms with E-state index >= 15 is 0 Å². The van der Waals surface area contributed by atoms with E-state index in [-0.39, 0.29) is 5.82 Å². The van der Waals surface area contributed by atoms with Crippen LogP contribution in [0.4, 0.5) is 4.39 Å². The normalized spacial score (nSPS) is 10.2. The Balaban J connectivity index is 3.25. The van der Waals surface area contributed by atoms with E-state index in [9.17, 15) is 4.39 Å². The SMILES string of the molecule is CCc1ccc(Br)c(F)c1Br. The molecule has 0 aliphatic rings. The quantitative estimate of drug-likeness (QED) is 0.685. The number of hydrogen-bond donors (Lipinski definition) is 0. The lowest BCUT2D eigenvalue weighted by molar-refractivity contribution is 0.611. The molecule has 11 heavy (non-hydrogen) atoms. The predicted molar refractivity (Wildman–Crippen MR) is 51.2 cm³/mol. The molecular weight excluding hydrogens is 275 g/mol. The molecule has 0 aliphatic carbocycles. The van der Waals surface area contributed by atoms with E-state index in [4.69, 9.17) is 0 Å². The topological polar surface area (TPSA) is 0 Å². The summed E-state index contributed by atoms with van der Waals surface area (Å²) >= 11 is 6.29. The van der Waals surface area contributed by atoms with E-state index in [2.05, 4.69) is 31.9 Å². The molecule has 0 aromatic heterocycles. The summed E-state index contributed by atoms with van der Waals surface area (Å²) in [5.41, 5.74) is 0.991. The summed E-state index contributed by atoms with van der Waals surface area (Å²) in [6.45, 7) is 1.99. The first-order valence-electron chi connectivity index (χ1n) is 3.29. The van der Waals surface area contributed by atoms with Crippen LogP contribution in [0.3, 0.4) is 0 Å². The van der Waals surface area contributed by atoms with Gasteiger partial charge < -0.3 is 0 Å². The average molecular weight is 282 g/mol. The molecular formula is C8H7Br2F. The Kier molecular flexibility index (Phi) is 3.07. The largest absolute Gasteiger partial charge is 0.204 e. The highest BCUT2D eigenvalue weighted by Crippen LogP contribution is 2.27. The van der Waals surface area contributed by atoms with Gasteiger partial charge in [-0.25, -0.2) is 4.39 Å². The van der Waals surface area contributed by atoms with Crippen LogP contribution in [0.5, 0.6) is 0 Å². The van der Waals surface area contributed by atoms with Crippen LogP contribution < -0.4 is 0 Å². The highest BCUT2D eigenvalue weighted by Gasteiger charge is 2.06. The van der Waals surface area contributed by atoms with E-state index < -0.39 is 0 Å². The Bertz CT molecular complexity index is 271. The molecule has 0 amide bonds. The zero-order chi connectivity index (χ0) is 8.43. The van der Waals surface area contributed by atoms with Gasteiger partial charge in [-0.15, -0.1) is 0 Å². The van der Waals surface area contributed by atoms with Gasteiger partial charge in [0, 0.05) is 0 Å². The van der Waals surface area contributed by atoms with Crippen LogP contribution in [-0.4, -0.2) is 0 Å². The summed E-state index contributed by atoms with van der Waals surface area (Å²) < 4.78 is 14.2. The molecule has 0 atom stereocenters. The van der Waals surface area contributed by atoms with Crippen molar-refractivity contribution >= 4 is 31.9 Å². The minimum absolute atomic E-state index is 0.218. The summed E-state index contributed by atoms with van der Waals surface area (Å²) in [6.07, 6.45) is 0.838. The maximum Gasteiger partial charge on any atom is 0.151 e. The molecule has 0 bridgehead atoms. The average Bonchev–Trinajstić information content (AvgIpc) is 2.01. The Morgan fingerprint density at radius 1 is 1.36 bits per heavy atom. The Hall–Kier alpha value is 0.110. The maximum absolute atomic E-state index is 13.1. The van der Waals surface area contributed by atoms with E-state index in [0.29, 0.717) is 8.95 Å². The smallest absolute Gasteiger partial charge is 0.151 e. The number of benzene rings is 1. The summed E-state index contributed by atoms with van der Waals surface area (Å²) in [5, 5.41) is 0. The molecule has 0 spiro atoms. The molecule has 0 unspecified atom stereocenters. The first kappa shape index (κ1) is 9.20. The molecule has 0 heterocycles. The van der Waals surface area contributed by atoms with Gasteiger partial charge in [0.25, 0.3) is 0 Å². The number of halogens is 3. The predicted octanol–water partition coefficient (Wildman–Crippen LogP) is 3.91. The maximum atomic E-state index is 13.1. The zero-order valence-electron chi connectivity index (χ0n) is 6.00. The van der Waals surface area contributed by atoms with Crippen LogP contribution in [0.1, 0.15) is 12.5 Å². The highest BCUT2D eigenvalue weighted by molar-refractivity contribution is 9.11. The van der Waals surface area contributed by atoms with Crippen molar-refractivity contribution in [2.75, 3.05) is 0 Å². The molecule has 1 aromatic rings. The van der Waals surface area contributed by atoms with E-state index in [1.54, 1.807) is 6.07 Å². The molecule has 0 nitrogen and oxygen atoms in total. The molecule has 1 aromatic carbocycles. The zero-order valence-corrected chi connectivity index (χ0v) is 9.17. The molecule has 0 radical (unpaired) electrons. The van der Waals surface area contributed by atoms with Crippen molar-refractivity contribution in [1.29, 1.82) is 0 Å². The van der Waals surface area contributed by atoms with Crippen LogP contribution in [0.15, 0.2) is 21.1 Å². The number of hydrogen-bond acceptors (Lipinski definition) is 0. The third-order valence-electron chi connectivity index (χ3n) is 1.50.